The van der Waals surface area contributed by atoms with Gasteiger partial charge >= 0.3 is 11.9 Å². The Morgan fingerprint density at radius 1 is 1.46 bits per heavy atom. The molecule has 4 nitrogen and oxygen atoms in total. The van der Waals surface area contributed by atoms with Crippen molar-refractivity contribution in [3.63, 3.8) is 0 Å². The minimum Gasteiger partial charge on any atom is -0.481 e. The van der Waals surface area contributed by atoms with Gasteiger partial charge < -0.3 is 10.2 Å². The Labute approximate surface area is 82.8 Å². The molecule has 0 spiro atoms. The summed E-state index contributed by atoms with van der Waals surface area (Å²) in [7, 11) is 2.82. The van der Waals surface area contributed by atoms with Crippen molar-refractivity contribution in [2.45, 2.75) is 11.7 Å². The van der Waals surface area contributed by atoms with Gasteiger partial charge in [0.15, 0.2) is 0 Å². The molecule has 1 rings (SSSR count). The SMILES string of the molecule is O=C(O)CC(C(=O)O)C1C=CSS1. The zero-order valence-corrected chi connectivity index (χ0v) is 8.18. The molecule has 6 heteroatoms. The highest BCUT2D eigenvalue weighted by Crippen LogP contribution is 2.40. The molecule has 13 heavy (non-hydrogen) atoms. The summed E-state index contributed by atoms with van der Waals surface area (Å²) in [5.41, 5.74) is 0. The molecule has 72 valence electrons. The first kappa shape index (κ1) is 10.5. The maximum absolute atomic E-state index is 10.7. The van der Waals surface area contributed by atoms with E-state index in [9.17, 15) is 9.59 Å². The average molecular weight is 220 g/mol. The summed E-state index contributed by atoms with van der Waals surface area (Å²) in [5.74, 6) is -2.95. The molecule has 1 aliphatic rings. The van der Waals surface area contributed by atoms with Crippen LogP contribution in [0.15, 0.2) is 11.5 Å². The van der Waals surface area contributed by atoms with Crippen LogP contribution in [-0.4, -0.2) is 27.4 Å². The van der Waals surface area contributed by atoms with Crippen LogP contribution in [0.2, 0.25) is 0 Å². The molecule has 2 unspecified atom stereocenters. The Hall–Kier alpha value is -0.620. The van der Waals surface area contributed by atoms with Gasteiger partial charge in [-0.1, -0.05) is 27.7 Å². The lowest BCUT2D eigenvalue weighted by Gasteiger charge is -2.13. The van der Waals surface area contributed by atoms with Crippen molar-refractivity contribution >= 4 is 33.5 Å². The van der Waals surface area contributed by atoms with E-state index in [0.29, 0.717) is 0 Å². The van der Waals surface area contributed by atoms with Crippen LogP contribution in [0.5, 0.6) is 0 Å². The highest BCUT2D eigenvalue weighted by atomic mass is 33.1. The topological polar surface area (TPSA) is 74.6 Å². The summed E-state index contributed by atoms with van der Waals surface area (Å²) in [6.07, 6.45) is 1.41. The van der Waals surface area contributed by atoms with Crippen molar-refractivity contribution in [1.29, 1.82) is 0 Å². The first-order chi connectivity index (χ1) is 6.11. The summed E-state index contributed by atoms with van der Waals surface area (Å²) in [6.45, 7) is 0. The fourth-order valence-corrected chi connectivity index (χ4v) is 3.35. The molecular formula is C7H8O4S2. The molecule has 0 bridgehead atoms. The molecule has 0 saturated carbocycles. The van der Waals surface area contributed by atoms with Crippen LogP contribution in [0.3, 0.4) is 0 Å². The number of aliphatic carboxylic acids is 2. The summed E-state index contributed by atoms with van der Waals surface area (Å²) >= 11 is 0. The zero-order chi connectivity index (χ0) is 9.84. The fraction of sp³-hybridized carbons (Fsp3) is 0.429. The van der Waals surface area contributed by atoms with E-state index in [1.807, 2.05) is 0 Å². The lowest BCUT2D eigenvalue weighted by molar-refractivity contribution is -0.147. The Bertz CT molecular complexity index is 251. The second-order valence-corrected chi connectivity index (χ2v) is 4.88. The third-order valence-electron chi connectivity index (χ3n) is 1.60. The Kier molecular flexibility index (Phi) is 3.68. The van der Waals surface area contributed by atoms with Crippen molar-refractivity contribution in [3.05, 3.63) is 11.5 Å². The van der Waals surface area contributed by atoms with Gasteiger partial charge in [0.25, 0.3) is 0 Å². The van der Waals surface area contributed by atoms with E-state index < -0.39 is 17.9 Å². The van der Waals surface area contributed by atoms with E-state index in [4.69, 9.17) is 10.2 Å². The smallest absolute Gasteiger partial charge is 0.308 e. The van der Waals surface area contributed by atoms with Crippen molar-refractivity contribution < 1.29 is 19.8 Å². The van der Waals surface area contributed by atoms with Gasteiger partial charge in [-0.3, -0.25) is 9.59 Å². The van der Waals surface area contributed by atoms with Gasteiger partial charge in [-0.15, -0.1) is 0 Å². The standard InChI is InChI=1S/C7H8O4S2/c8-6(9)3-4(7(10)11)5-1-2-12-13-5/h1-2,4-5H,3H2,(H,8,9)(H,10,11). The molecule has 0 aromatic rings. The second kappa shape index (κ2) is 4.57. The number of carbonyl (C=O) groups is 2. The Balaban J connectivity index is 2.61. The zero-order valence-electron chi connectivity index (χ0n) is 6.54. The minimum absolute atomic E-state index is 0.224. The van der Waals surface area contributed by atoms with Crippen molar-refractivity contribution in [2.75, 3.05) is 0 Å². The van der Waals surface area contributed by atoms with Crippen molar-refractivity contribution in [1.82, 2.24) is 0 Å². The lowest BCUT2D eigenvalue weighted by Crippen LogP contribution is -2.25. The quantitative estimate of drug-likeness (QED) is 0.698. The molecule has 0 radical (unpaired) electrons. The van der Waals surface area contributed by atoms with Gasteiger partial charge in [-0.05, 0) is 5.41 Å². The van der Waals surface area contributed by atoms with Crippen LogP contribution in [0.25, 0.3) is 0 Å². The van der Waals surface area contributed by atoms with E-state index in [1.54, 1.807) is 11.5 Å². The number of carboxylic acid groups (broad SMARTS) is 2. The average Bonchev–Trinajstić information content (AvgIpc) is 2.50. The van der Waals surface area contributed by atoms with Gasteiger partial charge in [-0.25, -0.2) is 0 Å². The molecule has 0 aromatic heterocycles. The van der Waals surface area contributed by atoms with E-state index in [2.05, 4.69) is 0 Å². The largest absolute Gasteiger partial charge is 0.481 e. The van der Waals surface area contributed by atoms with Crippen LogP contribution in [0.1, 0.15) is 6.42 Å². The monoisotopic (exact) mass is 220 g/mol. The number of hydrogen-bond acceptors (Lipinski definition) is 4. The van der Waals surface area contributed by atoms with E-state index in [0.717, 1.165) is 0 Å². The van der Waals surface area contributed by atoms with E-state index >= 15 is 0 Å². The summed E-state index contributed by atoms with van der Waals surface area (Å²) < 4.78 is 0. The predicted molar refractivity (Wildman–Crippen MR) is 51.5 cm³/mol. The maximum atomic E-state index is 10.7. The van der Waals surface area contributed by atoms with Gasteiger partial charge in [-0.2, -0.15) is 0 Å². The van der Waals surface area contributed by atoms with Crippen molar-refractivity contribution in [2.24, 2.45) is 5.92 Å². The molecule has 0 fully saturated rings. The number of rotatable bonds is 4. The predicted octanol–water partition coefficient (Wildman–Crippen LogP) is 1.44. The van der Waals surface area contributed by atoms with Gasteiger partial charge in [0.1, 0.15) is 0 Å². The summed E-state index contributed by atoms with van der Waals surface area (Å²) in [5, 5.41) is 18.8. The third-order valence-corrected chi connectivity index (χ3v) is 4.02. The maximum Gasteiger partial charge on any atom is 0.308 e. The van der Waals surface area contributed by atoms with E-state index in [1.165, 1.54) is 21.6 Å². The first-order valence-electron chi connectivity index (χ1n) is 3.54. The van der Waals surface area contributed by atoms with Crippen molar-refractivity contribution in [3.8, 4) is 0 Å². The molecule has 2 N–H and O–H groups in total. The van der Waals surface area contributed by atoms with Crippen LogP contribution < -0.4 is 0 Å². The molecule has 0 amide bonds. The summed E-state index contributed by atoms with van der Waals surface area (Å²) in [6, 6.07) is 0. The second-order valence-electron chi connectivity index (χ2n) is 2.53. The van der Waals surface area contributed by atoms with Gasteiger partial charge in [0.05, 0.1) is 12.3 Å². The third kappa shape index (κ3) is 2.96. The molecule has 0 aromatic carbocycles. The van der Waals surface area contributed by atoms with Gasteiger partial charge in [0, 0.05) is 5.25 Å². The summed E-state index contributed by atoms with van der Waals surface area (Å²) in [4.78, 5) is 21.1. The number of hydrogen-bond donors (Lipinski definition) is 2. The van der Waals surface area contributed by atoms with Crippen LogP contribution in [-0.2, 0) is 9.59 Å². The Morgan fingerprint density at radius 3 is 2.54 bits per heavy atom. The lowest BCUT2D eigenvalue weighted by atomic mass is 10.0. The molecule has 1 heterocycles. The fourth-order valence-electron chi connectivity index (χ4n) is 0.971. The number of carboxylic acids is 2. The molecular weight excluding hydrogens is 212 g/mol. The Morgan fingerprint density at radius 2 is 2.15 bits per heavy atom. The van der Waals surface area contributed by atoms with E-state index in [-0.39, 0.29) is 11.7 Å². The molecule has 1 aliphatic heterocycles. The minimum atomic E-state index is -1.07. The normalized spacial score (nSPS) is 22.9. The van der Waals surface area contributed by atoms with Gasteiger partial charge in [0.2, 0.25) is 0 Å². The molecule has 2 atom stereocenters. The highest BCUT2D eigenvalue weighted by Gasteiger charge is 2.31. The van der Waals surface area contributed by atoms with Crippen LogP contribution >= 0.6 is 21.6 Å². The van der Waals surface area contributed by atoms with Crippen LogP contribution in [0, 0.1) is 5.92 Å². The highest BCUT2D eigenvalue weighted by molar-refractivity contribution is 8.78. The molecule has 0 aliphatic carbocycles. The molecule has 0 saturated heterocycles. The first-order valence-corrected chi connectivity index (χ1v) is 5.82. The van der Waals surface area contributed by atoms with Crippen LogP contribution in [0.4, 0.5) is 0 Å².